The predicted molar refractivity (Wildman–Crippen MR) is 72.4 cm³/mol. The Hall–Kier alpha value is -0.360. The van der Waals surface area contributed by atoms with E-state index in [0.29, 0.717) is 11.5 Å². The lowest BCUT2D eigenvalue weighted by atomic mass is 10.3. The summed E-state index contributed by atoms with van der Waals surface area (Å²) in [7, 11) is 0. The number of carboxylic acids is 1. The van der Waals surface area contributed by atoms with Crippen molar-refractivity contribution in [2.24, 2.45) is 0 Å². The minimum Gasteiger partial charge on any atom is -0.480 e. The number of carboxylic acid groups (broad SMARTS) is 1. The maximum Gasteiger partial charge on any atom is 0.327 e. The first-order chi connectivity index (χ1) is 7.72. The van der Waals surface area contributed by atoms with Crippen molar-refractivity contribution in [2.45, 2.75) is 43.9 Å². The van der Waals surface area contributed by atoms with Crippen molar-refractivity contribution < 1.29 is 14.7 Å². The van der Waals surface area contributed by atoms with Crippen molar-refractivity contribution in [3.05, 3.63) is 0 Å². The van der Waals surface area contributed by atoms with E-state index in [1.807, 2.05) is 27.7 Å². The van der Waals surface area contributed by atoms with Crippen molar-refractivity contribution in [1.82, 2.24) is 4.90 Å². The molecule has 4 nitrogen and oxygen atoms in total. The zero-order valence-corrected chi connectivity index (χ0v) is 12.2. The molecular formula is C11H19NO3S2. The monoisotopic (exact) mass is 277 g/mol. The van der Waals surface area contributed by atoms with Gasteiger partial charge in [-0.15, -0.1) is 23.5 Å². The van der Waals surface area contributed by atoms with Gasteiger partial charge in [0.05, 0.1) is 11.1 Å². The molecule has 0 aromatic heterocycles. The van der Waals surface area contributed by atoms with Crippen LogP contribution in [-0.2, 0) is 9.59 Å². The van der Waals surface area contributed by atoms with E-state index in [1.165, 1.54) is 16.7 Å². The highest BCUT2D eigenvalue weighted by Crippen LogP contribution is 2.31. The van der Waals surface area contributed by atoms with Crippen molar-refractivity contribution in [2.75, 3.05) is 11.5 Å². The largest absolute Gasteiger partial charge is 0.480 e. The van der Waals surface area contributed by atoms with Crippen LogP contribution in [0.5, 0.6) is 0 Å². The highest BCUT2D eigenvalue weighted by molar-refractivity contribution is 8.01. The predicted octanol–water partition coefficient (Wildman–Crippen LogP) is 1.89. The van der Waals surface area contributed by atoms with Gasteiger partial charge >= 0.3 is 5.97 Å². The minimum atomic E-state index is -0.907. The third kappa shape index (κ3) is 4.10. The van der Waals surface area contributed by atoms with Crippen LogP contribution >= 0.6 is 23.5 Å². The van der Waals surface area contributed by atoms with Crippen molar-refractivity contribution in [3.8, 4) is 0 Å². The first-order valence-corrected chi connectivity index (χ1v) is 7.55. The molecule has 0 saturated carbocycles. The summed E-state index contributed by atoms with van der Waals surface area (Å²) in [6.07, 6.45) is 0. The highest BCUT2D eigenvalue weighted by Gasteiger charge is 2.39. The zero-order chi connectivity index (χ0) is 13.2. The molecule has 1 fully saturated rings. The fourth-order valence-corrected chi connectivity index (χ4v) is 3.46. The molecule has 6 heteroatoms. The summed E-state index contributed by atoms with van der Waals surface area (Å²) in [5.74, 6) is -0.147. The summed E-state index contributed by atoms with van der Waals surface area (Å²) in [5, 5.41) is 9.03. The van der Waals surface area contributed by atoms with Crippen LogP contribution in [0.15, 0.2) is 0 Å². The van der Waals surface area contributed by atoms with Crippen LogP contribution in [0.3, 0.4) is 0 Å². The molecule has 0 aromatic rings. The maximum absolute atomic E-state index is 12.0. The molecule has 2 unspecified atom stereocenters. The molecule has 1 amide bonds. The van der Waals surface area contributed by atoms with E-state index in [-0.39, 0.29) is 16.0 Å². The third-order valence-corrected chi connectivity index (χ3v) is 4.90. The van der Waals surface area contributed by atoms with E-state index in [4.69, 9.17) is 5.11 Å². The summed E-state index contributed by atoms with van der Waals surface area (Å²) in [6.45, 7) is 8.01. The number of thioether (sulfide) groups is 2. The van der Waals surface area contributed by atoms with Gasteiger partial charge in [0.1, 0.15) is 6.04 Å². The van der Waals surface area contributed by atoms with E-state index in [2.05, 4.69) is 0 Å². The Kier molecular flexibility index (Phi) is 4.77. The summed E-state index contributed by atoms with van der Waals surface area (Å²) >= 11 is 3.07. The van der Waals surface area contributed by atoms with Crippen molar-refractivity contribution in [3.63, 3.8) is 0 Å². The molecule has 1 N–H and O–H groups in total. The molecule has 1 aliphatic rings. The lowest BCUT2D eigenvalue weighted by Gasteiger charge is -2.26. The van der Waals surface area contributed by atoms with Gasteiger partial charge in [0, 0.05) is 10.5 Å². The number of hydrogen-bond donors (Lipinski definition) is 1. The Labute approximate surface area is 111 Å². The van der Waals surface area contributed by atoms with Gasteiger partial charge in [-0.2, -0.15) is 0 Å². The second-order valence-corrected chi connectivity index (χ2v) is 8.14. The van der Waals surface area contributed by atoms with Gasteiger partial charge in [0.15, 0.2) is 0 Å². The van der Waals surface area contributed by atoms with Gasteiger partial charge in [-0.1, -0.05) is 20.8 Å². The molecule has 0 aliphatic carbocycles. The molecule has 0 spiro atoms. The zero-order valence-electron chi connectivity index (χ0n) is 10.6. The van der Waals surface area contributed by atoms with Crippen LogP contribution in [0.2, 0.25) is 0 Å². The second kappa shape index (κ2) is 5.52. The summed E-state index contributed by atoms with van der Waals surface area (Å²) in [5.41, 5.74) is 0. The summed E-state index contributed by atoms with van der Waals surface area (Å²) < 4.78 is 0.0183. The van der Waals surface area contributed by atoms with E-state index >= 15 is 0 Å². The van der Waals surface area contributed by atoms with Crippen LogP contribution in [-0.4, -0.2) is 49.6 Å². The van der Waals surface area contributed by atoms with Gasteiger partial charge in [-0.3, -0.25) is 4.79 Å². The number of hydrogen-bond acceptors (Lipinski definition) is 4. The first-order valence-electron chi connectivity index (χ1n) is 5.52. The normalized spacial score (nSPS) is 25.1. The Morgan fingerprint density at radius 2 is 2.06 bits per heavy atom. The average molecular weight is 277 g/mol. The smallest absolute Gasteiger partial charge is 0.327 e. The Morgan fingerprint density at radius 3 is 2.53 bits per heavy atom. The van der Waals surface area contributed by atoms with Crippen molar-refractivity contribution >= 4 is 35.4 Å². The maximum atomic E-state index is 12.0. The van der Waals surface area contributed by atoms with Crippen LogP contribution in [0.1, 0.15) is 27.7 Å². The highest BCUT2D eigenvalue weighted by atomic mass is 32.2. The van der Waals surface area contributed by atoms with Crippen LogP contribution in [0, 0.1) is 0 Å². The minimum absolute atomic E-state index is 0.0183. The number of amides is 1. The van der Waals surface area contributed by atoms with Gasteiger partial charge < -0.3 is 10.0 Å². The quantitative estimate of drug-likeness (QED) is 0.853. The van der Waals surface area contributed by atoms with Crippen molar-refractivity contribution in [1.29, 1.82) is 0 Å². The number of nitrogens with zero attached hydrogens (tertiary/aromatic N) is 1. The second-order valence-electron chi connectivity index (χ2n) is 4.99. The standard InChI is InChI=1S/C11H19NO3S2/c1-7-12(8(5-16-7)10(14)15)9(13)6-17-11(2,3)4/h7-8H,5-6H2,1-4H3,(H,14,15). The molecule has 1 heterocycles. The van der Waals surface area contributed by atoms with Gasteiger partial charge in [0.25, 0.3) is 0 Å². The average Bonchev–Trinajstić information content (AvgIpc) is 2.55. The van der Waals surface area contributed by atoms with E-state index in [0.717, 1.165) is 0 Å². The number of aliphatic carboxylic acids is 1. The van der Waals surface area contributed by atoms with Crippen LogP contribution in [0.4, 0.5) is 0 Å². The molecule has 1 saturated heterocycles. The first kappa shape index (κ1) is 14.7. The van der Waals surface area contributed by atoms with Crippen LogP contribution in [0.25, 0.3) is 0 Å². The molecule has 1 rings (SSSR count). The van der Waals surface area contributed by atoms with Crippen LogP contribution < -0.4 is 0 Å². The lowest BCUT2D eigenvalue weighted by Crippen LogP contribution is -2.45. The Bertz CT molecular complexity index is 314. The Morgan fingerprint density at radius 1 is 1.47 bits per heavy atom. The molecular weight excluding hydrogens is 258 g/mol. The van der Waals surface area contributed by atoms with Gasteiger partial charge in [0.2, 0.25) is 5.91 Å². The SMILES string of the molecule is CC1SCC(C(=O)O)N1C(=O)CSC(C)(C)C. The van der Waals surface area contributed by atoms with Gasteiger partial charge in [-0.05, 0) is 6.92 Å². The number of rotatable bonds is 3. The van der Waals surface area contributed by atoms with E-state index in [9.17, 15) is 9.59 Å². The summed E-state index contributed by atoms with van der Waals surface area (Å²) in [6, 6.07) is -0.664. The molecule has 98 valence electrons. The molecule has 17 heavy (non-hydrogen) atoms. The molecule has 0 aromatic carbocycles. The van der Waals surface area contributed by atoms with E-state index < -0.39 is 12.0 Å². The topological polar surface area (TPSA) is 57.6 Å². The van der Waals surface area contributed by atoms with E-state index in [1.54, 1.807) is 11.8 Å². The lowest BCUT2D eigenvalue weighted by molar-refractivity contribution is -0.147. The number of carbonyl (C=O) groups is 2. The molecule has 2 atom stereocenters. The number of carbonyl (C=O) groups excluding carboxylic acids is 1. The third-order valence-electron chi connectivity index (χ3n) is 2.42. The molecule has 0 bridgehead atoms. The summed E-state index contributed by atoms with van der Waals surface area (Å²) in [4.78, 5) is 24.6. The molecule has 1 aliphatic heterocycles. The van der Waals surface area contributed by atoms with Gasteiger partial charge in [-0.25, -0.2) is 4.79 Å². The fourth-order valence-electron chi connectivity index (χ4n) is 1.56. The molecule has 0 radical (unpaired) electrons. The Balaban J connectivity index is 2.63. The fraction of sp³-hybridized carbons (Fsp3) is 0.818.